The fourth-order valence-electron chi connectivity index (χ4n) is 3.22. The van der Waals surface area contributed by atoms with Gasteiger partial charge in [-0.25, -0.2) is 0 Å². The van der Waals surface area contributed by atoms with Crippen molar-refractivity contribution >= 4 is 23.4 Å². The van der Waals surface area contributed by atoms with Crippen molar-refractivity contribution in [1.82, 2.24) is 14.8 Å². The molecule has 0 bridgehead atoms. The lowest BCUT2D eigenvalue weighted by molar-refractivity contribution is 0.843. The lowest BCUT2D eigenvalue weighted by Gasteiger charge is -2.11. The van der Waals surface area contributed by atoms with E-state index >= 15 is 0 Å². The van der Waals surface area contributed by atoms with E-state index in [2.05, 4.69) is 69.4 Å². The molecule has 0 fully saturated rings. The number of benzene rings is 3. The van der Waals surface area contributed by atoms with Crippen LogP contribution in [0.25, 0.3) is 5.69 Å². The normalized spacial score (nSPS) is 10.9. The van der Waals surface area contributed by atoms with Crippen molar-refractivity contribution in [1.29, 1.82) is 0 Å². The molecule has 4 aromatic rings. The Kier molecular flexibility index (Phi) is 6.65. The third-order valence-corrected chi connectivity index (χ3v) is 5.94. The van der Waals surface area contributed by atoms with E-state index in [1.165, 1.54) is 11.1 Å². The molecular weight excluding hydrogens is 398 g/mol. The van der Waals surface area contributed by atoms with Gasteiger partial charge in [-0.05, 0) is 48.2 Å². The summed E-state index contributed by atoms with van der Waals surface area (Å²) in [7, 11) is 0. The largest absolute Gasteiger partial charge is 0.274 e. The van der Waals surface area contributed by atoms with E-state index in [1.807, 2.05) is 30.3 Å². The Bertz CT molecular complexity index is 1030. The molecular formula is C24H22ClN3S. The Balaban J connectivity index is 1.52. The van der Waals surface area contributed by atoms with Crippen molar-refractivity contribution in [3.63, 3.8) is 0 Å². The predicted octanol–water partition coefficient (Wildman–Crippen LogP) is 6.24. The van der Waals surface area contributed by atoms with Gasteiger partial charge in [0.15, 0.2) is 5.16 Å². The van der Waals surface area contributed by atoms with Gasteiger partial charge in [-0.15, -0.1) is 10.2 Å². The summed E-state index contributed by atoms with van der Waals surface area (Å²) in [5.74, 6) is 1.93. The summed E-state index contributed by atoms with van der Waals surface area (Å²) in [6, 6.07) is 28.8. The Labute approximate surface area is 180 Å². The maximum absolute atomic E-state index is 6.10. The second-order valence-corrected chi connectivity index (χ2v) is 8.31. The van der Waals surface area contributed by atoms with Gasteiger partial charge in [0.2, 0.25) is 0 Å². The molecule has 0 spiro atoms. The fourth-order valence-corrected chi connectivity index (χ4v) is 4.26. The topological polar surface area (TPSA) is 30.7 Å². The molecule has 3 aromatic carbocycles. The number of aryl methyl sites for hydroxylation is 1. The summed E-state index contributed by atoms with van der Waals surface area (Å²) >= 11 is 7.85. The third kappa shape index (κ3) is 5.28. The average Bonchev–Trinajstić information content (AvgIpc) is 3.15. The zero-order valence-corrected chi connectivity index (χ0v) is 17.6. The molecule has 146 valence electrons. The van der Waals surface area contributed by atoms with Gasteiger partial charge in [0.1, 0.15) is 5.82 Å². The number of rotatable bonds is 8. The number of nitrogens with zero attached hydrogens (tertiary/aromatic N) is 3. The molecule has 0 N–H and O–H groups in total. The fraction of sp³-hybridized carbons (Fsp3) is 0.167. The van der Waals surface area contributed by atoms with Crippen molar-refractivity contribution in [3.8, 4) is 5.69 Å². The van der Waals surface area contributed by atoms with Crippen LogP contribution in [0.15, 0.2) is 90.1 Å². The quantitative estimate of drug-likeness (QED) is 0.250. The van der Waals surface area contributed by atoms with Gasteiger partial charge in [0.05, 0.1) is 0 Å². The molecule has 5 heteroatoms. The van der Waals surface area contributed by atoms with Crippen molar-refractivity contribution in [3.05, 3.63) is 107 Å². The number of aromatic nitrogens is 3. The van der Waals surface area contributed by atoms with Crippen LogP contribution in [0.3, 0.4) is 0 Å². The molecule has 1 aromatic heterocycles. The maximum atomic E-state index is 6.10. The number of thioether (sulfide) groups is 1. The molecule has 0 aliphatic heterocycles. The van der Waals surface area contributed by atoms with Crippen molar-refractivity contribution in [2.45, 2.75) is 24.4 Å². The zero-order chi connectivity index (χ0) is 19.9. The second-order valence-electron chi connectivity index (χ2n) is 6.81. The summed E-state index contributed by atoms with van der Waals surface area (Å²) in [4.78, 5) is 0. The highest BCUT2D eigenvalue weighted by Crippen LogP contribution is 2.25. The Morgan fingerprint density at radius 3 is 2.10 bits per heavy atom. The minimum atomic E-state index is 0.725. The van der Waals surface area contributed by atoms with Crippen molar-refractivity contribution < 1.29 is 0 Å². The summed E-state index contributed by atoms with van der Waals surface area (Å²) in [5.41, 5.74) is 3.63. The van der Waals surface area contributed by atoms with Crippen molar-refractivity contribution in [2.75, 3.05) is 5.75 Å². The van der Waals surface area contributed by atoms with Crippen LogP contribution in [0.5, 0.6) is 0 Å². The highest BCUT2D eigenvalue weighted by molar-refractivity contribution is 7.99. The second kappa shape index (κ2) is 9.77. The van der Waals surface area contributed by atoms with Crippen LogP contribution in [-0.4, -0.2) is 20.5 Å². The summed E-state index contributed by atoms with van der Waals surface area (Å²) < 4.78 is 2.15. The molecule has 0 atom stereocenters. The van der Waals surface area contributed by atoms with E-state index in [-0.39, 0.29) is 0 Å². The minimum absolute atomic E-state index is 0.725. The smallest absolute Gasteiger partial charge is 0.195 e. The number of hydrogen-bond acceptors (Lipinski definition) is 3. The van der Waals surface area contributed by atoms with E-state index in [1.54, 1.807) is 11.8 Å². The first-order valence-electron chi connectivity index (χ1n) is 9.70. The molecule has 29 heavy (non-hydrogen) atoms. The lowest BCUT2D eigenvalue weighted by Crippen LogP contribution is -2.04. The van der Waals surface area contributed by atoms with E-state index < -0.39 is 0 Å². The van der Waals surface area contributed by atoms with E-state index in [0.717, 1.165) is 46.7 Å². The molecule has 0 saturated carbocycles. The van der Waals surface area contributed by atoms with E-state index in [4.69, 9.17) is 11.6 Å². The first-order valence-corrected chi connectivity index (χ1v) is 11.1. The molecule has 0 unspecified atom stereocenters. The molecule has 0 aliphatic carbocycles. The van der Waals surface area contributed by atoms with Crippen molar-refractivity contribution in [2.24, 2.45) is 0 Å². The van der Waals surface area contributed by atoms with Crippen LogP contribution in [0.4, 0.5) is 0 Å². The van der Waals surface area contributed by atoms with Gasteiger partial charge < -0.3 is 0 Å². The van der Waals surface area contributed by atoms with Gasteiger partial charge in [-0.1, -0.05) is 84.0 Å². The predicted molar refractivity (Wildman–Crippen MR) is 121 cm³/mol. The molecule has 0 amide bonds. The van der Waals surface area contributed by atoms with Gasteiger partial charge >= 0.3 is 0 Å². The summed E-state index contributed by atoms with van der Waals surface area (Å²) in [5, 5.41) is 10.7. The molecule has 4 rings (SSSR count). The third-order valence-electron chi connectivity index (χ3n) is 4.67. The standard InChI is InChI=1S/C24H22ClN3S/c25-21-13-15-22(16-14-21)28-23(18-20-10-5-2-6-11-20)26-27-24(28)29-17-7-12-19-8-3-1-4-9-19/h1-6,8-11,13-16H,7,12,17-18H2. The van der Waals surface area contributed by atoms with Crippen LogP contribution in [0.2, 0.25) is 5.02 Å². The van der Waals surface area contributed by atoms with Crippen LogP contribution in [0, 0.1) is 0 Å². The first-order chi connectivity index (χ1) is 14.3. The maximum Gasteiger partial charge on any atom is 0.195 e. The van der Waals surface area contributed by atoms with Gasteiger partial charge in [-0.3, -0.25) is 4.57 Å². The molecule has 0 saturated heterocycles. The number of halogens is 1. The molecule has 3 nitrogen and oxygen atoms in total. The summed E-state index contributed by atoms with van der Waals surface area (Å²) in [6.45, 7) is 0. The van der Waals surface area contributed by atoms with Gasteiger partial charge in [0, 0.05) is 22.9 Å². The molecule has 1 heterocycles. The zero-order valence-electron chi connectivity index (χ0n) is 16.0. The summed E-state index contributed by atoms with van der Waals surface area (Å²) in [6.07, 6.45) is 2.90. The minimum Gasteiger partial charge on any atom is -0.274 e. The Morgan fingerprint density at radius 1 is 0.759 bits per heavy atom. The number of hydrogen-bond donors (Lipinski definition) is 0. The average molecular weight is 420 g/mol. The van der Waals surface area contributed by atoms with Gasteiger partial charge in [0.25, 0.3) is 0 Å². The highest BCUT2D eigenvalue weighted by Gasteiger charge is 2.15. The highest BCUT2D eigenvalue weighted by atomic mass is 35.5. The van der Waals surface area contributed by atoms with Crippen LogP contribution in [-0.2, 0) is 12.8 Å². The van der Waals surface area contributed by atoms with Gasteiger partial charge in [-0.2, -0.15) is 0 Å². The SMILES string of the molecule is Clc1ccc(-n2c(Cc3ccccc3)nnc2SCCCc2ccccc2)cc1. The van der Waals surface area contributed by atoms with Crippen LogP contribution < -0.4 is 0 Å². The Morgan fingerprint density at radius 2 is 1.41 bits per heavy atom. The first kappa shape index (κ1) is 19.7. The van der Waals surface area contributed by atoms with Crippen LogP contribution >= 0.6 is 23.4 Å². The van der Waals surface area contributed by atoms with E-state index in [9.17, 15) is 0 Å². The van der Waals surface area contributed by atoms with E-state index in [0.29, 0.717) is 0 Å². The molecule has 0 aliphatic rings. The molecule has 0 radical (unpaired) electrons. The lowest BCUT2D eigenvalue weighted by atomic mass is 10.1. The Hall–Kier alpha value is -2.56. The van der Waals surface area contributed by atoms with Crippen LogP contribution in [0.1, 0.15) is 23.4 Å². The monoisotopic (exact) mass is 419 g/mol.